The molecule has 2 nitrogen and oxygen atoms in total. The normalized spacial score (nSPS) is 10.4. The molecule has 0 fully saturated rings. The molecule has 0 bridgehead atoms. The first-order valence-electron chi connectivity index (χ1n) is 4.32. The molecule has 1 heterocycles. The second-order valence-corrected chi connectivity index (χ2v) is 5.54. The lowest BCUT2D eigenvalue weighted by Gasteiger charge is -2.05. The first kappa shape index (κ1) is 12.0. The molecule has 0 aliphatic carbocycles. The highest BCUT2D eigenvalue weighted by Gasteiger charge is 2.02. The number of aromatic nitrogens is 1. The molecule has 1 aromatic heterocycles. The van der Waals surface area contributed by atoms with Crippen LogP contribution in [-0.2, 0) is 6.61 Å². The summed E-state index contributed by atoms with van der Waals surface area (Å²) in [6.45, 7) is 0.404. The van der Waals surface area contributed by atoms with Crippen molar-refractivity contribution < 1.29 is 4.74 Å². The van der Waals surface area contributed by atoms with Crippen LogP contribution in [0, 0.1) is 0 Å². The quantitative estimate of drug-likeness (QED) is 0.820. The summed E-state index contributed by atoms with van der Waals surface area (Å²) in [5, 5.41) is 1.09. The van der Waals surface area contributed by atoms with E-state index in [1.54, 1.807) is 24.4 Å². The number of hydrogen-bond acceptors (Lipinski definition) is 3. The maximum Gasteiger partial charge on any atom is 0.183 e. The standard InChI is InChI=1S/C10H6Cl3NOS/c11-6-1-7(12)3-8(2-6)15-5-9-4-14-10(13)16-9/h1-4H,5H2. The van der Waals surface area contributed by atoms with Gasteiger partial charge in [0, 0.05) is 16.2 Å². The van der Waals surface area contributed by atoms with Crippen LogP contribution in [0.3, 0.4) is 0 Å². The third-order valence-corrected chi connectivity index (χ3v) is 3.27. The molecular weight excluding hydrogens is 289 g/mol. The molecule has 0 spiro atoms. The molecule has 0 saturated heterocycles. The molecule has 0 saturated carbocycles. The highest BCUT2D eigenvalue weighted by molar-refractivity contribution is 7.15. The Morgan fingerprint density at radius 1 is 1.12 bits per heavy atom. The topological polar surface area (TPSA) is 22.1 Å². The summed E-state index contributed by atoms with van der Waals surface area (Å²) < 4.78 is 6.01. The first-order valence-corrected chi connectivity index (χ1v) is 6.27. The lowest BCUT2D eigenvalue weighted by atomic mass is 10.3. The fourth-order valence-electron chi connectivity index (χ4n) is 1.12. The van der Waals surface area contributed by atoms with Crippen molar-refractivity contribution in [2.45, 2.75) is 6.61 Å². The second kappa shape index (κ2) is 5.23. The molecule has 6 heteroatoms. The summed E-state index contributed by atoms with van der Waals surface area (Å²) >= 11 is 18.8. The Balaban J connectivity index is 2.04. The van der Waals surface area contributed by atoms with Crippen molar-refractivity contribution in [2.24, 2.45) is 0 Å². The van der Waals surface area contributed by atoms with Gasteiger partial charge in [0.15, 0.2) is 4.47 Å². The maximum atomic E-state index is 5.84. The van der Waals surface area contributed by atoms with Crippen molar-refractivity contribution in [1.29, 1.82) is 0 Å². The van der Waals surface area contributed by atoms with E-state index in [9.17, 15) is 0 Å². The Morgan fingerprint density at radius 3 is 2.38 bits per heavy atom. The van der Waals surface area contributed by atoms with Gasteiger partial charge in [-0.15, -0.1) is 11.3 Å². The molecule has 0 aliphatic heterocycles. The number of rotatable bonds is 3. The van der Waals surface area contributed by atoms with Gasteiger partial charge >= 0.3 is 0 Å². The molecule has 0 amide bonds. The van der Waals surface area contributed by atoms with Crippen molar-refractivity contribution in [3.05, 3.63) is 43.8 Å². The predicted molar refractivity (Wildman–Crippen MR) is 67.9 cm³/mol. The lowest BCUT2D eigenvalue weighted by Crippen LogP contribution is -1.92. The van der Waals surface area contributed by atoms with E-state index in [1.165, 1.54) is 11.3 Å². The third-order valence-electron chi connectivity index (χ3n) is 1.74. The van der Waals surface area contributed by atoms with Crippen LogP contribution in [0.5, 0.6) is 5.75 Å². The van der Waals surface area contributed by atoms with Crippen molar-refractivity contribution in [3.8, 4) is 5.75 Å². The van der Waals surface area contributed by atoms with Crippen LogP contribution >= 0.6 is 46.1 Å². The molecule has 0 radical (unpaired) electrons. The van der Waals surface area contributed by atoms with E-state index in [1.807, 2.05) is 0 Å². The number of thiazole rings is 1. The summed E-state index contributed by atoms with van der Waals surface area (Å²) in [5.41, 5.74) is 0. The van der Waals surface area contributed by atoms with Crippen LogP contribution in [0.1, 0.15) is 4.88 Å². The number of ether oxygens (including phenoxy) is 1. The second-order valence-electron chi connectivity index (χ2n) is 2.97. The van der Waals surface area contributed by atoms with Gasteiger partial charge < -0.3 is 4.74 Å². The molecule has 84 valence electrons. The zero-order valence-electron chi connectivity index (χ0n) is 7.91. The Morgan fingerprint density at radius 2 is 1.81 bits per heavy atom. The van der Waals surface area contributed by atoms with E-state index in [0.717, 1.165) is 4.88 Å². The molecule has 1 aromatic carbocycles. The molecule has 16 heavy (non-hydrogen) atoms. The number of nitrogens with zero attached hydrogens (tertiary/aromatic N) is 1. The minimum Gasteiger partial charge on any atom is -0.488 e. The summed E-state index contributed by atoms with van der Waals surface area (Å²) in [5.74, 6) is 0.627. The highest BCUT2D eigenvalue weighted by atomic mass is 35.5. The average molecular weight is 295 g/mol. The van der Waals surface area contributed by atoms with Crippen LogP contribution in [-0.4, -0.2) is 4.98 Å². The SMILES string of the molecule is Clc1cc(Cl)cc(OCc2cnc(Cl)s2)c1. The summed E-state index contributed by atoms with van der Waals surface area (Å²) in [6.07, 6.45) is 1.68. The van der Waals surface area contributed by atoms with Gasteiger partial charge in [-0.25, -0.2) is 4.98 Å². The minimum atomic E-state index is 0.404. The maximum absolute atomic E-state index is 5.84. The fraction of sp³-hybridized carbons (Fsp3) is 0.100. The van der Waals surface area contributed by atoms with Gasteiger partial charge in [0.05, 0.1) is 4.88 Å². The number of halogens is 3. The zero-order valence-corrected chi connectivity index (χ0v) is 11.0. The van der Waals surface area contributed by atoms with Crippen molar-refractivity contribution in [3.63, 3.8) is 0 Å². The van der Waals surface area contributed by atoms with Crippen LogP contribution in [0.4, 0.5) is 0 Å². The molecule has 0 atom stereocenters. The van der Waals surface area contributed by atoms with Gasteiger partial charge in [0.1, 0.15) is 12.4 Å². The van der Waals surface area contributed by atoms with E-state index in [2.05, 4.69) is 4.98 Å². The Bertz CT molecular complexity index is 480. The Hall–Kier alpha value is -0.480. The van der Waals surface area contributed by atoms with Crippen molar-refractivity contribution >= 4 is 46.1 Å². The van der Waals surface area contributed by atoms with E-state index >= 15 is 0 Å². The summed E-state index contributed by atoms with van der Waals surface area (Å²) in [7, 11) is 0. The molecular formula is C10H6Cl3NOS. The summed E-state index contributed by atoms with van der Waals surface area (Å²) in [6, 6.07) is 5.06. The minimum absolute atomic E-state index is 0.404. The van der Waals surface area contributed by atoms with E-state index < -0.39 is 0 Å². The van der Waals surface area contributed by atoms with Gasteiger partial charge in [-0.3, -0.25) is 0 Å². The van der Waals surface area contributed by atoms with E-state index in [-0.39, 0.29) is 0 Å². The lowest BCUT2D eigenvalue weighted by molar-refractivity contribution is 0.309. The predicted octanol–water partition coefficient (Wildman–Crippen LogP) is 4.68. The number of benzene rings is 1. The third kappa shape index (κ3) is 3.25. The largest absolute Gasteiger partial charge is 0.488 e. The van der Waals surface area contributed by atoms with Gasteiger partial charge in [-0.2, -0.15) is 0 Å². The first-order chi connectivity index (χ1) is 7.63. The van der Waals surface area contributed by atoms with E-state index in [0.29, 0.717) is 26.9 Å². The molecule has 2 aromatic rings. The van der Waals surface area contributed by atoms with Crippen LogP contribution < -0.4 is 4.74 Å². The van der Waals surface area contributed by atoms with Gasteiger partial charge in [-0.1, -0.05) is 34.8 Å². The highest BCUT2D eigenvalue weighted by Crippen LogP contribution is 2.26. The molecule has 0 unspecified atom stereocenters. The smallest absolute Gasteiger partial charge is 0.183 e. The van der Waals surface area contributed by atoms with Crippen LogP contribution in [0.15, 0.2) is 24.4 Å². The Labute approximate surface area is 112 Å². The average Bonchev–Trinajstić information content (AvgIpc) is 2.60. The van der Waals surface area contributed by atoms with Crippen LogP contribution in [0.2, 0.25) is 14.5 Å². The van der Waals surface area contributed by atoms with Crippen molar-refractivity contribution in [1.82, 2.24) is 4.98 Å². The molecule has 0 N–H and O–H groups in total. The van der Waals surface area contributed by atoms with Gasteiger partial charge in [-0.05, 0) is 18.2 Å². The van der Waals surface area contributed by atoms with Gasteiger partial charge in [0.25, 0.3) is 0 Å². The fourth-order valence-corrected chi connectivity index (χ4v) is 2.51. The zero-order chi connectivity index (χ0) is 11.5. The van der Waals surface area contributed by atoms with Crippen LogP contribution in [0.25, 0.3) is 0 Å². The van der Waals surface area contributed by atoms with Crippen molar-refractivity contribution in [2.75, 3.05) is 0 Å². The number of hydrogen-bond donors (Lipinski definition) is 0. The van der Waals surface area contributed by atoms with E-state index in [4.69, 9.17) is 39.5 Å². The monoisotopic (exact) mass is 293 g/mol. The Kier molecular flexibility index (Phi) is 3.92. The van der Waals surface area contributed by atoms with Gasteiger partial charge in [0.2, 0.25) is 0 Å². The summed E-state index contributed by atoms with van der Waals surface area (Å²) in [4.78, 5) is 4.86. The molecule has 2 rings (SSSR count). The molecule has 0 aliphatic rings.